The zero-order valence-corrected chi connectivity index (χ0v) is 14.5. The summed E-state index contributed by atoms with van der Waals surface area (Å²) in [5.74, 6) is -2.15. The van der Waals surface area contributed by atoms with Crippen molar-refractivity contribution >= 4 is 29.1 Å². The molecule has 1 aromatic carbocycles. The molecule has 25 heavy (non-hydrogen) atoms. The van der Waals surface area contributed by atoms with Crippen LogP contribution in [0.5, 0.6) is 0 Å². The van der Waals surface area contributed by atoms with Crippen LogP contribution in [0.25, 0.3) is 0 Å². The standard InChI is InChI=1S/C17H18FN3O3S/c1-10(2)14(19-15(22)11-5-7-12(18)8-6-11)17(24)21-20-16(23)13-4-3-9-25-13/h3-10,14H,1-2H3,(H,19,22)(H,20,23)(H,21,24)/t14-/m0/s1. The zero-order valence-electron chi connectivity index (χ0n) is 13.7. The van der Waals surface area contributed by atoms with Crippen LogP contribution < -0.4 is 16.2 Å². The molecule has 6 nitrogen and oxygen atoms in total. The Bertz CT molecular complexity index is 745. The summed E-state index contributed by atoms with van der Waals surface area (Å²) in [5.41, 5.74) is 4.86. The third kappa shape index (κ3) is 5.12. The second-order valence-electron chi connectivity index (χ2n) is 5.62. The summed E-state index contributed by atoms with van der Waals surface area (Å²) >= 11 is 1.24. The van der Waals surface area contributed by atoms with Gasteiger partial charge in [0.15, 0.2) is 0 Å². The minimum absolute atomic E-state index is 0.219. The fourth-order valence-electron chi connectivity index (χ4n) is 2.03. The molecule has 0 unspecified atom stereocenters. The summed E-state index contributed by atoms with van der Waals surface area (Å²) < 4.78 is 12.9. The van der Waals surface area contributed by atoms with Crippen molar-refractivity contribution in [2.24, 2.45) is 5.92 Å². The van der Waals surface area contributed by atoms with Gasteiger partial charge in [-0.05, 0) is 41.6 Å². The molecule has 0 aliphatic rings. The Morgan fingerprint density at radius 1 is 1.00 bits per heavy atom. The maximum absolute atomic E-state index is 12.9. The Morgan fingerprint density at radius 2 is 1.68 bits per heavy atom. The minimum atomic E-state index is -0.860. The Balaban J connectivity index is 1.97. The normalized spacial score (nSPS) is 11.7. The molecule has 1 aromatic heterocycles. The van der Waals surface area contributed by atoms with E-state index in [4.69, 9.17) is 0 Å². The van der Waals surface area contributed by atoms with Crippen LogP contribution in [0.2, 0.25) is 0 Å². The predicted octanol–water partition coefficient (Wildman–Crippen LogP) is 2.10. The Hall–Kier alpha value is -2.74. The summed E-state index contributed by atoms with van der Waals surface area (Å²) in [7, 11) is 0. The topological polar surface area (TPSA) is 87.3 Å². The number of carbonyl (C=O) groups is 3. The molecule has 0 radical (unpaired) electrons. The van der Waals surface area contributed by atoms with Crippen LogP contribution in [0.4, 0.5) is 4.39 Å². The van der Waals surface area contributed by atoms with Crippen LogP contribution in [-0.4, -0.2) is 23.8 Å². The Kier molecular flexibility index (Phi) is 6.24. The molecule has 2 aromatic rings. The van der Waals surface area contributed by atoms with Gasteiger partial charge in [-0.25, -0.2) is 4.39 Å². The monoisotopic (exact) mass is 363 g/mol. The predicted molar refractivity (Wildman–Crippen MR) is 92.4 cm³/mol. The molecule has 2 rings (SSSR count). The molecule has 0 saturated carbocycles. The lowest BCUT2D eigenvalue weighted by Crippen LogP contribution is -2.54. The molecule has 0 fully saturated rings. The van der Waals surface area contributed by atoms with Crippen LogP contribution in [0.1, 0.15) is 33.9 Å². The third-order valence-corrected chi connectivity index (χ3v) is 4.25. The molecule has 0 bridgehead atoms. The van der Waals surface area contributed by atoms with Gasteiger partial charge in [-0.1, -0.05) is 19.9 Å². The van der Waals surface area contributed by atoms with E-state index in [0.717, 1.165) is 0 Å². The molecule has 0 spiro atoms. The lowest BCUT2D eigenvalue weighted by atomic mass is 10.0. The smallest absolute Gasteiger partial charge is 0.279 e. The van der Waals surface area contributed by atoms with E-state index in [2.05, 4.69) is 16.2 Å². The largest absolute Gasteiger partial charge is 0.340 e. The number of amides is 3. The highest BCUT2D eigenvalue weighted by Gasteiger charge is 2.25. The number of halogens is 1. The van der Waals surface area contributed by atoms with Crippen molar-refractivity contribution in [1.82, 2.24) is 16.2 Å². The van der Waals surface area contributed by atoms with Crippen molar-refractivity contribution in [3.8, 4) is 0 Å². The van der Waals surface area contributed by atoms with Crippen LogP contribution in [0.3, 0.4) is 0 Å². The van der Waals surface area contributed by atoms with Gasteiger partial charge >= 0.3 is 0 Å². The quantitative estimate of drug-likeness (QED) is 0.711. The number of rotatable bonds is 5. The first kappa shape index (κ1) is 18.6. The van der Waals surface area contributed by atoms with Crippen LogP contribution in [-0.2, 0) is 4.79 Å². The second kappa shape index (κ2) is 8.39. The summed E-state index contributed by atoms with van der Waals surface area (Å²) in [6.07, 6.45) is 0. The number of thiophene rings is 1. The fourth-order valence-corrected chi connectivity index (χ4v) is 2.65. The highest BCUT2D eigenvalue weighted by Crippen LogP contribution is 2.08. The highest BCUT2D eigenvalue weighted by molar-refractivity contribution is 7.12. The van der Waals surface area contributed by atoms with E-state index in [9.17, 15) is 18.8 Å². The van der Waals surface area contributed by atoms with Gasteiger partial charge in [0, 0.05) is 5.56 Å². The first-order chi connectivity index (χ1) is 11.9. The van der Waals surface area contributed by atoms with E-state index < -0.39 is 29.6 Å². The zero-order chi connectivity index (χ0) is 18.4. The molecule has 3 N–H and O–H groups in total. The number of carbonyl (C=O) groups excluding carboxylic acids is 3. The fraction of sp³-hybridized carbons (Fsp3) is 0.235. The van der Waals surface area contributed by atoms with Crippen molar-refractivity contribution in [2.45, 2.75) is 19.9 Å². The summed E-state index contributed by atoms with van der Waals surface area (Å²) in [6.45, 7) is 3.52. The molecule has 1 atom stereocenters. The summed E-state index contributed by atoms with van der Waals surface area (Å²) in [4.78, 5) is 36.8. The maximum atomic E-state index is 12.9. The number of benzene rings is 1. The SMILES string of the molecule is CC(C)[C@H](NC(=O)c1ccc(F)cc1)C(=O)NNC(=O)c1cccs1. The van der Waals surface area contributed by atoms with Gasteiger partial charge < -0.3 is 5.32 Å². The number of hydrogen-bond acceptors (Lipinski definition) is 4. The van der Waals surface area contributed by atoms with E-state index in [0.29, 0.717) is 4.88 Å². The Labute approximate surface area is 148 Å². The molecule has 1 heterocycles. The average molecular weight is 363 g/mol. The van der Waals surface area contributed by atoms with Crippen LogP contribution >= 0.6 is 11.3 Å². The molecule has 0 aliphatic heterocycles. The van der Waals surface area contributed by atoms with Gasteiger partial charge in [0.05, 0.1) is 4.88 Å². The van der Waals surface area contributed by atoms with Gasteiger partial charge in [0.2, 0.25) is 0 Å². The average Bonchev–Trinajstić information content (AvgIpc) is 3.12. The minimum Gasteiger partial charge on any atom is -0.340 e. The number of hydrogen-bond donors (Lipinski definition) is 3. The second-order valence-corrected chi connectivity index (χ2v) is 6.57. The summed E-state index contributed by atoms with van der Waals surface area (Å²) in [6, 6.07) is 7.49. The molecule has 3 amide bonds. The van der Waals surface area contributed by atoms with Gasteiger partial charge in [0.1, 0.15) is 11.9 Å². The van der Waals surface area contributed by atoms with Gasteiger partial charge in [-0.2, -0.15) is 0 Å². The number of hydrazine groups is 1. The Morgan fingerprint density at radius 3 is 2.24 bits per heavy atom. The molecular weight excluding hydrogens is 345 g/mol. The van der Waals surface area contributed by atoms with Crippen LogP contribution in [0, 0.1) is 11.7 Å². The van der Waals surface area contributed by atoms with E-state index in [1.165, 1.54) is 35.6 Å². The first-order valence-corrected chi connectivity index (χ1v) is 8.46. The van der Waals surface area contributed by atoms with Gasteiger partial charge in [-0.3, -0.25) is 25.2 Å². The van der Waals surface area contributed by atoms with E-state index in [1.807, 2.05) is 0 Å². The van der Waals surface area contributed by atoms with Crippen molar-refractivity contribution in [3.63, 3.8) is 0 Å². The molecule has 0 aliphatic carbocycles. The van der Waals surface area contributed by atoms with Crippen molar-refractivity contribution in [3.05, 3.63) is 58.0 Å². The van der Waals surface area contributed by atoms with E-state index >= 15 is 0 Å². The molecular formula is C17H18FN3O3S. The van der Waals surface area contributed by atoms with Gasteiger partial charge in [0.25, 0.3) is 17.7 Å². The van der Waals surface area contributed by atoms with Crippen molar-refractivity contribution in [2.75, 3.05) is 0 Å². The van der Waals surface area contributed by atoms with E-state index in [-0.39, 0.29) is 11.5 Å². The number of nitrogens with one attached hydrogen (secondary N) is 3. The lowest BCUT2D eigenvalue weighted by molar-refractivity contribution is -0.124. The third-order valence-electron chi connectivity index (χ3n) is 3.39. The van der Waals surface area contributed by atoms with E-state index in [1.54, 1.807) is 31.4 Å². The lowest BCUT2D eigenvalue weighted by Gasteiger charge is -2.21. The van der Waals surface area contributed by atoms with Crippen molar-refractivity contribution in [1.29, 1.82) is 0 Å². The highest BCUT2D eigenvalue weighted by atomic mass is 32.1. The maximum Gasteiger partial charge on any atom is 0.279 e. The van der Waals surface area contributed by atoms with Crippen molar-refractivity contribution < 1.29 is 18.8 Å². The molecule has 132 valence electrons. The molecule has 8 heteroatoms. The summed E-state index contributed by atoms with van der Waals surface area (Å²) in [5, 5.41) is 4.33. The molecule has 0 saturated heterocycles. The van der Waals surface area contributed by atoms with Gasteiger partial charge in [-0.15, -0.1) is 11.3 Å². The first-order valence-electron chi connectivity index (χ1n) is 7.58. The van der Waals surface area contributed by atoms with Crippen LogP contribution in [0.15, 0.2) is 41.8 Å².